The SMILES string of the molecule is Cc1ccccc1CN(C)C(=O)CSc1nnc(Cc2cccs2)n1CCc1ccccc1. The molecule has 0 spiro atoms. The maximum atomic E-state index is 12.8. The fraction of sp³-hybridized carbons (Fsp3) is 0.269. The molecule has 0 radical (unpaired) electrons. The third-order valence-corrected chi connectivity index (χ3v) is 7.42. The van der Waals surface area contributed by atoms with Crippen molar-refractivity contribution >= 4 is 29.0 Å². The number of aromatic nitrogens is 3. The lowest BCUT2D eigenvalue weighted by molar-refractivity contribution is -0.127. The van der Waals surface area contributed by atoms with E-state index in [4.69, 9.17) is 0 Å². The second kappa shape index (κ2) is 11.3. The molecule has 7 heteroatoms. The minimum atomic E-state index is 0.0840. The van der Waals surface area contributed by atoms with Crippen molar-refractivity contribution in [3.63, 3.8) is 0 Å². The molecule has 0 aliphatic rings. The van der Waals surface area contributed by atoms with Crippen LogP contribution < -0.4 is 0 Å². The van der Waals surface area contributed by atoms with Crippen LogP contribution in [0.1, 0.15) is 27.4 Å². The van der Waals surface area contributed by atoms with Crippen molar-refractivity contribution in [2.45, 2.75) is 38.0 Å². The number of hydrogen-bond acceptors (Lipinski definition) is 5. The normalized spacial score (nSPS) is 11.0. The first-order chi connectivity index (χ1) is 16.1. The summed E-state index contributed by atoms with van der Waals surface area (Å²) in [5.74, 6) is 1.36. The molecule has 1 amide bonds. The highest BCUT2D eigenvalue weighted by Gasteiger charge is 2.17. The number of hydrogen-bond donors (Lipinski definition) is 0. The molecule has 0 bridgehead atoms. The summed E-state index contributed by atoms with van der Waals surface area (Å²) in [7, 11) is 1.86. The van der Waals surface area contributed by atoms with Crippen LogP contribution in [0.4, 0.5) is 0 Å². The molecule has 5 nitrogen and oxygen atoms in total. The number of carbonyl (C=O) groups excluding carboxylic acids is 1. The van der Waals surface area contributed by atoms with Gasteiger partial charge >= 0.3 is 0 Å². The number of thiophene rings is 1. The van der Waals surface area contributed by atoms with E-state index in [2.05, 4.69) is 75.6 Å². The van der Waals surface area contributed by atoms with Crippen molar-refractivity contribution in [3.8, 4) is 0 Å². The Morgan fingerprint density at radius 2 is 1.82 bits per heavy atom. The molecule has 4 rings (SSSR count). The summed E-state index contributed by atoms with van der Waals surface area (Å²) in [6.45, 7) is 3.47. The van der Waals surface area contributed by atoms with Gasteiger partial charge in [0.15, 0.2) is 5.16 Å². The maximum absolute atomic E-state index is 12.8. The van der Waals surface area contributed by atoms with E-state index in [0.29, 0.717) is 12.3 Å². The largest absolute Gasteiger partial charge is 0.341 e. The van der Waals surface area contributed by atoms with Gasteiger partial charge in [0.25, 0.3) is 0 Å². The first-order valence-corrected chi connectivity index (χ1v) is 12.9. The zero-order valence-corrected chi connectivity index (χ0v) is 20.6. The lowest BCUT2D eigenvalue weighted by Gasteiger charge is -2.18. The molecule has 0 aliphatic carbocycles. The van der Waals surface area contributed by atoms with E-state index in [-0.39, 0.29) is 5.91 Å². The summed E-state index contributed by atoms with van der Waals surface area (Å²) < 4.78 is 2.17. The summed E-state index contributed by atoms with van der Waals surface area (Å²) in [4.78, 5) is 15.9. The van der Waals surface area contributed by atoms with Crippen molar-refractivity contribution in [2.24, 2.45) is 0 Å². The van der Waals surface area contributed by atoms with Gasteiger partial charge in [-0.25, -0.2) is 0 Å². The summed E-state index contributed by atoms with van der Waals surface area (Å²) in [6, 6.07) is 22.8. The minimum absolute atomic E-state index is 0.0840. The fourth-order valence-electron chi connectivity index (χ4n) is 3.60. The van der Waals surface area contributed by atoms with Crippen LogP contribution in [0.5, 0.6) is 0 Å². The Hall–Kier alpha value is -2.90. The Morgan fingerprint density at radius 3 is 2.58 bits per heavy atom. The number of benzene rings is 2. The van der Waals surface area contributed by atoms with Crippen LogP contribution in [0.25, 0.3) is 0 Å². The number of thioether (sulfide) groups is 1. The molecule has 0 aliphatic heterocycles. The Kier molecular flexibility index (Phi) is 7.96. The van der Waals surface area contributed by atoms with Crippen molar-refractivity contribution in [2.75, 3.05) is 12.8 Å². The molecule has 0 saturated heterocycles. The van der Waals surface area contributed by atoms with Crippen molar-refractivity contribution < 1.29 is 4.79 Å². The smallest absolute Gasteiger partial charge is 0.233 e. The molecule has 33 heavy (non-hydrogen) atoms. The lowest BCUT2D eigenvalue weighted by atomic mass is 10.1. The first kappa shape index (κ1) is 23.3. The van der Waals surface area contributed by atoms with Gasteiger partial charge in [-0.3, -0.25) is 4.79 Å². The van der Waals surface area contributed by atoms with Crippen LogP contribution in [-0.4, -0.2) is 38.4 Å². The highest BCUT2D eigenvalue weighted by molar-refractivity contribution is 7.99. The summed E-state index contributed by atoms with van der Waals surface area (Å²) >= 11 is 3.19. The third-order valence-electron chi connectivity index (χ3n) is 5.59. The second-order valence-electron chi connectivity index (χ2n) is 8.01. The van der Waals surface area contributed by atoms with Crippen LogP contribution in [-0.2, 0) is 30.7 Å². The van der Waals surface area contributed by atoms with E-state index >= 15 is 0 Å². The van der Waals surface area contributed by atoms with Crippen LogP contribution in [0.3, 0.4) is 0 Å². The summed E-state index contributed by atoms with van der Waals surface area (Å²) in [5.41, 5.74) is 3.64. The maximum Gasteiger partial charge on any atom is 0.233 e. The topological polar surface area (TPSA) is 51.0 Å². The molecule has 0 atom stereocenters. The average Bonchev–Trinajstić information content (AvgIpc) is 3.48. The minimum Gasteiger partial charge on any atom is -0.341 e. The van der Waals surface area contributed by atoms with Gasteiger partial charge in [-0.1, -0.05) is 72.4 Å². The molecule has 2 aromatic heterocycles. The van der Waals surface area contributed by atoms with E-state index < -0.39 is 0 Å². The highest BCUT2D eigenvalue weighted by Crippen LogP contribution is 2.22. The lowest BCUT2D eigenvalue weighted by Crippen LogP contribution is -2.28. The van der Waals surface area contributed by atoms with Crippen LogP contribution in [0.15, 0.2) is 77.3 Å². The molecule has 0 saturated carbocycles. The van der Waals surface area contributed by atoms with E-state index in [1.54, 1.807) is 16.2 Å². The van der Waals surface area contributed by atoms with Gasteiger partial charge in [0.1, 0.15) is 5.82 Å². The molecule has 170 valence electrons. The Morgan fingerprint density at radius 1 is 1.03 bits per heavy atom. The highest BCUT2D eigenvalue weighted by atomic mass is 32.2. The zero-order chi connectivity index (χ0) is 23.0. The first-order valence-electron chi connectivity index (χ1n) is 11.0. The van der Waals surface area contributed by atoms with Crippen molar-refractivity contribution in [3.05, 3.63) is 99.5 Å². The molecule has 4 aromatic rings. The molecule has 2 aromatic carbocycles. The Balaban J connectivity index is 1.43. The number of amides is 1. The van der Waals surface area contributed by atoms with Gasteiger partial charge in [0, 0.05) is 31.4 Å². The Bertz CT molecular complexity index is 1170. The van der Waals surface area contributed by atoms with Crippen LogP contribution >= 0.6 is 23.1 Å². The van der Waals surface area contributed by atoms with Crippen LogP contribution in [0.2, 0.25) is 0 Å². The predicted molar refractivity (Wildman–Crippen MR) is 136 cm³/mol. The fourth-order valence-corrected chi connectivity index (χ4v) is 5.23. The van der Waals surface area contributed by atoms with Gasteiger partial charge in [0.05, 0.1) is 5.75 Å². The summed E-state index contributed by atoms with van der Waals surface area (Å²) in [6.07, 6.45) is 1.65. The number of carbonyl (C=O) groups is 1. The standard InChI is InChI=1S/C26H28N4OS2/c1-20-9-6-7-12-22(20)18-29(2)25(31)19-33-26-28-27-24(17-23-13-8-16-32-23)30(26)15-14-21-10-4-3-5-11-21/h3-13,16H,14-15,17-19H2,1-2H3. The van der Waals surface area contributed by atoms with E-state index in [1.807, 2.05) is 25.2 Å². The van der Waals surface area contributed by atoms with Gasteiger partial charge < -0.3 is 9.47 Å². The van der Waals surface area contributed by atoms with Crippen molar-refractivity contribution in [1.29, 1.82) is 0 Å². The zero-order valence-electron chi connectivity index (χ0n) is 19.0. The summed E-state index contributed by atoms with van der Waals surface area (Å²) in [5, 5.41) is 11.8. The molecule has 0 fully saturated rings. The van der Waals surface area contributed by atoms with E-state index in [1.165, 1.54) is 33.3 Å². The van der Waals surface area contributed by atoms with Gasteiger partial charge in [-0.05, 0) is 41.5 Å². The molecular formula is C26H28N4OS2. The molecule has 0 unspecified atom stereocenters. The monoisotopic (exact) mass is 476 g/mol. The van der Waals surface area contributed by atoms with Crippen molar-refractivity contribution in [1.82, 2.24) is 19.7 Å². The van der Waals surface area contributed by atoms with Crippen LogP contribution in [0, 0.1) is 6.92 Å². The molecule has 0 N–H and O–H groups in total. The number of nitrogens with zero attached hydrogens (tertiary/aromatic N) is 4. The average molecular weight is 477 g/mol. The quantitative estimate of drug-likeness (QED) is 0.294. The number of aryl methyl sites for hydroxylation is 2. The van der Waals surface area contributed by atoms with E-state index in [9.17, 15) is 4.79 Å². The van der Waals surface area contributed by atoms with E-state index in [0.717, 1.165) is 30.4 Å². The second-order valence-corrected chi connectivity index (χ2v) is 9.98. The van der Waals surface area contributed by atoms with Gasteiger partial charge in [-0.2, -0.15) is 0 Å². The predicted octanol–water partition coefficient (Wildman–Crippen LogP) is 5.23. The van der Waals surface area contributed by atoms with Gasteiger partial charge in [-0.15, -0.1) is 21.5 Å². The Labute approximate surface area is 203 Å². The third kappa shape index (κ3) is 6.33. The molecule has 2 heterocycles. The number of rotatable bonds is 10. The molecular weight excluding hydrogens is 448 g/mol. The van der Waals surface area contributed by atoms with Gasteiger partial charge in [0.2, 0.25) is 5.91 Å².